The van der Waals surface area contributed by atoms with Crippen molar-refractivity contribution >= 4 is 33.4 Å². The highest BCUT2D eigenvalue weighted by atomic mass is 79.9. The van der Waals surface area contributed by atoms with Crippen LogP contribution in [0, 0.1) is 11.3 Å². The van der Waals surface area contributed by atoms with Crippen LogP contribution >= 0.6 is 15.9 Å². The van der Waals surface area contributed by atoms with Gasteiger partial charge in [0.15, 0.2) is 10.4 Å². The Hall–Kier alpha value is -3.41. The van der Waals surface area contributed by atoms with Gasteiger partial charge in [-0.3, -0.25) is 9.59 Å². The molecule has 1 N–H and O–H groups in total. The molecule has 0 saturated carbocycles. The van der Waals surface area contributed by atoms with E-state index in [4.69, 9.17) is 14.4 Å². The van der Waals surface area contributed by atoms with Gasteiger partial charge in [0.1, 0.15) is 0 Å². The number of methoxy groups -OCH3 is 1. The van der Waals surface area contributed by atoms with Crippen molar-refractivity contribution in [1.29, 1.82) is 5.26 Å². The van der Waals surface area contributed by atoms with E-state index in [-0.39, 0.29) is 11.7 Å². The third kappa shape index (κ3) is 6.04. The first-order valence-electron chi connectivity index (χ1n) is 9.44. The van der Waals surface area contributed by atoms with Crippen LogP contribution in [0.1, 0.15) is 32.0 Å². The average molecular weight is 482 g/mol. The zero-order valence-corrected chi connectivity index (χ0v) is 18.4. The van der Waals surface area contributed by atoms with E-state index in [0.717, 1.165) is 5.56 Å². The summed E-state index contributed by atoms with van der Waals surface area (Å²) in [6, 6.07) is 19.1. The number of furan rings is 1. The van der Waals surface area contributed by atoms with Gasteiger partial charge in [-0.05, 0) is 64.0 Å². The lowest BCUT2D eigenvalue weighted by Gasteiger charge is -2.23. The van der Waals surface area contributed by atoms with Crippen LogP contribution in [0.5, 0.6) is 0 Å². The third-order valence-corrected chi connectivity index (χ3v) is 4.90. The second-order valence-corrected chi connectivity index (χ2v) is 7.45. The molecule has 2 aromatic carbocycles. The van der Waals surface area contributed by atoms with Crippen LogP contribution in [0.15, 0.2) is 69.8 Å². The first-order chi connectivity index (χ1) is 15.0. The molecule has 0 radical (unpaired) electrons. The van der Waals surface area contributed by atoms with Gasteiger partial charge in [0.2, 0.25) is 0 Å². The van der Waals surface area contributed by atoms with E-state index in [2.05, 4.69) is 27.3 Å². The van der Waals surface area contributed by atoms with Gasteiger partial charge in [-0.2, -0.15) is 5.26 Å². The van der Waals surface area contributed by atoms with Gasteiger partial charge in [0.25, 0.3) is 11.8 Å². The highest BCUT2D eigenvalue weighted by molar-refractivity contribution is 9.10. The molecule has 0 spiro atoms. The van der Waals surface area contributed by atoms with Crippen LogP contribution in [0.25, 0.3) is 0 Å². The number of amides is 2. The fourth-order valence-electron chi connectivity index (χ4n) is 2.90. The summed E-state index contributed by atoms with van der Waals surface area (Å²) in [5, 5.41) is 11.7. The number of carbonyl (C=O) groups excluding carboxylic acids is 2. The summed E-state index contributed by atoms with van der Waals surface area (Å²) in [6.45, 7) is 1.14. The molecule has 0 aliphatic rings. The zero-order valence-electron chi connectivity index (χ0n) is 16.8. The molecular formula is C23H20BrN3O4. The minimum atomic E-state index is -0.413. The highest BCUT2D eigenvalue weighted by Crippen LogP contribution is 2.18. The fraction of sp³-hybridized carbons (Fsp3) is 0.174. The molecule has 8 heteroatoms. The number of nitrogens with one attached hydrogen (secondary N) is 1. The number of ether oxygens (including phenoxy) is 1. The lowest BCUT2D eigenvalue weighted by Crippen LogP contribution is -2.33. The van der Waals surface area contributed by atoms with E-state index < -0.39 is 5.91 Å². The molecular weight excluding hydrogens is 462 g/mol. The molecule has 0 atom stereocenters. The maximum absolute atomic E-state index is 13.2. The number of anilines is 1. The molecule has 3 aromatic rings. The smallest absolute Gasteiger partial charge is 0.291 e. The topological polar surface area (TPSA) is 95.6 Å². The molecule has 7 nitrogen and oxygen atoms in total. The SMILES string of the molecule is COCCN(Cc1ccc(C#N)cc1)C(=O)c1cccc(NC(=O)c2ccc(Br)o2)c1. The van der Waals surface area contributed by atoms with E-state index in [9.17, 15) is 9.59 Å². The highest BCUT2D eigenvalue weighted by Gasteiger charge is 2.18. The van der Waals surface area contributed by atoms with Crippen molar-refractivity contribution in [3.63, 3.8) is 0 Å². The molecule has 0 bridgehead atoms. The molecule has 158 valence electrons. The summed E-state index contributed by atoms with van der Waals surface area (Å²) in [4.78, 5) is 27.1. The van der Waals surface area contributed by atoms with Crippen molar-refractivity contribution in [2.75, 3.05) is 25.6 Å². The Morgan fingerprint density at radius 3 is 2.58 bits per heavy atom. The second kappa shape index (κ2) is 10.6. The monoisotopic (exact) mass is 481 g/mol. The molecule has 0 fully saturated rings. The van der Waals surface area contributed by atoms with E-state index >= 15 is 0 Å². The molecule has 31 heavy (non-hydrogen) atoms. The van der Waals surface area contributed by atoms with Gasteiger partial charge in [0.05, 0.1) is 18.2 Å². The van der Waals surface area contributed by atoms with Crippen molar-refractivity contribution in [3.05, 3.63) is 87.8 Å². The minimum absolute atomic E-state index is 0.158. The lowest BCUT2D eigenvalue weighted by atomic mass is 10.1. The first-order valence-corrected chi connectivity index (χ1v) is 10.2. The van der Waals surface area contributed by atoms with E-state index in [1.54, 1.807) is 60.5 Å². The van der Waals surface area contributed by atoms with Gasteiger partial charge in [-0.15, -0.1) is 0 Å². The predicted octanol–water partition coefficient (Wildman–Crippen LogP) is 4.45. The van der Waals surface area contributed by atoms with Gasteiger partial charge in [-0.25, -0.2) is 0 Å². The lowest BCUT2D eigenvalue weighted by molar-refractivity contribution is 0.0680. The van der Waals surface area contributed by atoms with Crippen LogP contribution in [0.2, 0.25) is 0 Å². The third-order valence-electron chi connectivity index (χ3n) is 4.47. The van der Waals surface area contributed by atoms with Gasteiger partial charge in [0, 0.05) is 31.5 Å². The van der Waals surface area contributed by atoms with Crippen LogP contribution in [-0.4, -0.2) is 37.0 Å². The Morgan fingerprint density at radius 1 is 1.16 bits per heavy atom. The van der Waals surface area contributed by atoms with E-state index in [0.29, 0.717) is 41.2 Å². The van der Waals surface area contributed by atoms with Crippen LogP contribution < -0.4 is 5.32 Å². The standard InChI is InChI=1S/C23H20BrN3O4/c1-30-12-11-27(15-17-7-5-16(14-25)6-8-17)23(29)18-3-2-4-19(13-18)26-22(28)20-9-10-21(24)31-20/h2-10,13H,11-12,15H2,1H3,(H,26,28). The second-order valence-electron chi connectivity index (χ2n) is 6.67. The van der Waals surface area contributed by atoms with Gasteiger partial charge in [-0.1, -0.05) is 18.2 Å². The Balaban J connectivity index is 1.76. The number of rotatable bonds is 8. The van der Waals surface area contributed by atoms with E-state index in [1.807, 2.05) is 12.1 Å². The Bertz CT molecular complexity index is 1100. The molecule has 1 heterocycles. The molecule has 0 aliphatic carbocycles. The normalized spacial score (nSPS) is 10.4. The molecule has 3 rings (SSSR count). The molecule has 1 aromatic heterocycles. The number of nitriles is 1. The Kier molecular flexibility index (Phi) is 7.60. The molecule has 0 aliphatic heterocycles. The van der Waals surface area contributed by atoms with Crippen molar-refractivity contribution in [2.24, 2.45) is 0 Å². The van der Waals surface area contributed by atoms with Crippen LogP contribution in [0.3, 0.4) is 0 Å². The fourth-order valence-corrected chi connectivity index (χ4v) is 3.21. The van der Waals surface area contributed by atoms with Crippen LogP contribution in [-0.2, 0) is 11.3 Å². The van der Waals surface area contributed by atoms with Crippen LogP contribution in [0.4, 0.5) is 5.69 Å². The number of hydrogen-bond donors (Lipinski definition) is 1. The first kappa shape index (κ1) is 22.3. The average Bonchev–Trinajstić information content (AvgIpc) is 3.23. The van der Waals surface area contributed by atoms with Gasteiger partial charge >= 0.3 is 0 Å². The summed E-state index contributed by atoms with van der Waals surface area (Å²) in [6.07, 6.45) is 0. The number of hydrogen-bond acceptors (Lipinski definition) is 5. The zero-order chi connectivity index (χ0) is 22.2. The number of halogens is 1. The molecule has 0 saturated heterocycles. The Labute approximate surface area is 188 Å². The van der Waals surface area contributed by atoms with Crippen molar-refractivity contribution in [3.8, 4) is 6.07 Å². The quantitative estimate of drug-likeness (QED) is 0.512. The van der Waals surface area contributed by atoms with Crippen molar-refractivity contribution in [2.45, 2.75) is 6.54 Å². The summed E-state index contributed by atoms with van der Waals surface area (Å²) < 4.78 is 10.9. The number of nitrogens with zero attached hydrogens (tertiary/aromatic N) is 2. The Morgan fingerprint density at radius 2 is 1.94 bits per heavy atom. The summed E-state index contributed by atoms with van der Waals surface area (Å²) >= 11 is 3.17. The van der Waals surface area contributed by atoms with Crippen molar-refractivity contribution < 1.29 is 18.7 Å². The van der Waals surface area contributed by atoms with Gasteiger partial charge < -0.3 is 19.4 Å². The predicted molar refractivity (Wildman–Crippen MR) is 119 cm³/mol. The molecule has 2 amide bonds. The minimum Gasteiger partial charge on any atom is -0.444 e. The molecule has 0 unspecified atom stereocenters. The summed E-state index contributed by atoms with van der Waals surface area (Å²) in [5.41, 5.74) is 2.37. The maximum atomic E-state index is 13.2. The maximum Gasteiger partial charge on any atom is 0.291 e. The van der Waals surface area contributed by atoms with Crippen molar-refractivity contribution in [1.82, 2.24) is 4.90 Å². The number of benzene rings is 2. The largest absolute Gasteiger partial charge is 0.444 e. The summed E-state index contributed by atoms with van der Waals surface area (Å²) in [7, 11) is 1.58. The number of carbonyl (C=O) groups is 2. The summed E-state index contributed by atoms with van der Waals surface area (Å²) in [5.74, 6) is -0.450. The van der Waals surface area contributed by atoms with E-state index in [1.165, 1.54) is 0 Å².